The van der Waals surface area contributed by atoms with Crippen LogP contribution in [0, 0.1) is 5.92 Å². The van der Waals surface area contributed by atoms with Gasteiger partial charge in [-0.3, -0.25) is 4.79 Å². The van der Waals surface area contributed by atoms with E-state index in [-0.39, 0.29) is 5.91 Å². The fourth-order valence-electron chi connectivity index (χ4n) is 1.94. The minimum absolute atomic E-state index is 0.0915. The SMILES string of the molecule is COCCC(=O)NCCCC1CCOCC1. The third-order valence-corrected chi connectivity index (χ3v) is 2.99. The summed E-state index contributed by atoms with van der Waals surface area (Å²) in [6, 6.07) is 0. The summed E-state index contributed by atoms with van der Waals surface area (Å²) in [6.07, 6.45) is 5.10. The van der Waals surface area contributed by atoms with Gasteiger partial charge in [0.05, 0.1) is 6.61 Å². The number of nitrogens with one attached hydrogen (secondary N) is 1. The van der Waals surface area contributed by atoms with Crippen molar-refractivity contribution in [3.63, 3.8) is 0 Å². The van der Waals surface area contributed by atoms with E-state index in [0.29, 0.717) is 13.0 Å². The maximum absolute atomic E-state index is 11.2. The highest BCUT2D eigenvalue weighted by molar-refractivity contribution is 5.75. The van der Waals surface area contributed by atoms with Crippen molar-refractivity contribution >= 4 is 5.91 Å². The molecular formula is C12H23NO3. The van der Waals surface area contributed by atoms with Gasteiger partial charge < -0.3 is 14.8 Å². The Balaban J connectivity index is 1.92. The van der Waals surface area contributed by atoms with Gasteiger partial charge in [0.1, 0.15) is 0 Å². The third kappa shape index (κ3) is 6.08. The van der Waals surface area contributed by atoms with Crippen molar-refractivity contribution in [2.45, 2.75) is 32.1 Å². The quantitative estimate of drug-likeness (QED) is 0.670. The van der Waals surface area contributed by atoms with Gasteiger partial charge in [-0.2, -0.15) is 0 Å². The molecule has 1 heterocycles. The van der Waals surface area contributed by atoms with Gasteiger partial charge in [0.25, 0.3) is 0 Å². The molecule has 1 amide bonds. The number of ether oxygens (including phenoxy) is 2. The van der Waals surface area contributed by atoms with Crippen molar-refractivity contribution < 1.29 is 14.3 Å². The maximum atomic E-state index is 11.2. The van der Waals surface area contributed by atoms with Crippen LogP contribution in [0.15, 0.2) is 0 Å². The predicted octanol–water partition coefficient (Wildman–Crippen LogP) is 1.35. The number of hydrogen-bond donors (Lipinski definition) is 1. The molecule has 1 rings (SSSR count). The number of rotatable bonds is 7. The molecule has 94 valence electrons. The van der Waals surface area contributed by atoms with Gasteiger partial charge in [-0.1, -0.05) is 0 Å². The van der Waals surface area contributed by atoms with Gasteiger partial charge in [0, 0.05) is 33.3 Å². The van der Waals surface area contributed by atoms with E-state index in [4.69, 9.17) is 9.47 Å². The molecule has 0 bridgehead atoms. The van der Waals surface area contributed by atoms with Gasteiger partial charge in [-0.25, -0.2) is 0 Å². The van der Waals surface area contributed by atoms with Crippen LogP contribution in [0.25, 0.3) is 0 Å². The Hall–Kier alpha value is -0.610. The summed E-state index contributed by atoms with van der Waals surface area (Å²) < 4.78 is 10.1. The average molecular weight is 229 g/mol. The first-order valence-corrected chi connectivity index (χ1v) is 6.16. The van der Waals surface area contributed by atoms with Crippen LogP contribution in [0.2, 0.25) is 0 Å². The van der Waals surface area contributed by atoms with Gasteiger partial charge in [0.15, 0.2) is 0 Å². The molecule has 0 spiro atoms. The van der Waals surface area contributed by atoms with E-state index in [9.17, 15) is 4.79 Å². The fraction of sp³-hybridized carbons (Fsp3) is 0.917. The number of amides is 1. The predicted molar refractivity (Wildman–Crippen MR) is 62.3 cm³/mol. The third-order valence-electron chi connectivity index (χ3n) is 2.99. The smallest absolute Gasteiger partial charge is 0.222 e. The van der Waals surface area contributed by atoms with Crippen molar-refractivity contribution in [1.29, 1.82) is 0 Å². The lowest BCUT2D eigenvalue weighted by atomic mass is 9.95. The molecule has 0 unspecified atom stereocenters. The average Bonchev–Trinajstić information content (AvgIpc) is 2.33. The second-order valence-corrected chi connectivity index (χ2v) is 4.29. The van der Waals surface area contributed by atoms with Crippen LogP contribution in [-0.2, 0) is 14.3 Å². The van der Waals surface area contributed by atoms with Crippen LogP contribution in [0.3, 0.4) is 0 Å². The maximum Gasteiger partial charge on any atom is 0.222 e. The second kappa shape index (κ2) is 8.53. The highest BCUT2D eigenvalue weighted by Gasteiger charge is 2.12. The highest BCUT2D eigenvalue weighted by Crippen LogP contribution is 2.19. The monoisotopic (exact) mass is 229 g/mol. The number of methoxy groups -OCH3 is 1. The first-order valence-electron chi connectivity index (χ1n) is 6.16. The van der Waals surface area contributed by atoms with Crippen molar-refractivity contribution in [3.05, 3.63) is 0 Å². The van der Waals surface area contributed by atoms with Gasteiger partial charge >= 0.3 is 0 Å². The van der Waals surface area contributed by atoms with E-state index in [1.807, 2.05) is 0 Å². The molecule has 0 saturated carbocycles. The van der Waals surface area contributed by atoms with Gasteiger partial charge in [-0.05, 0) is 31.6 Å². The van der Waals surface area contributed by atoms with Gasteiger partial charge in [0.2, 0.25) is 5.91 Å². The zero-order valence-corrected chi connectivity index (χ0v) is 10.2. The van der Waals surface area contributed by atoms with Crippen molar-refractivity contribution in [2.24, 2.45) is 5.92 Å². The van der Waals surface area contributed by atoms with Crippen LogP contribution >= 0.6 is 0 Å². The molecule has 0 aromatic rings. The van der Waals surface area contributed by atoms with Crippen molar-refractivity contribution in [2.75, 3.05) is 33.5 Å². The van der Waals surface area contributed by atoms with Crippen LogP contribution in [-0.4, -0.2) is 39.4 Å². The summed E-state index contributed by atoms with van der Waals surface area (Å²) in [5.74, 6) is 0.887. The summed E-state index contributed by atoms with van der Waals surface area (Å²) >= 11 is 0. The molecule has 1 N–H and O–H groups in total. The molecule has 0 atom stereocenters. The number of hydrogen-bond acceptors (Lipinski definition) is 3. The van der Waals surface area contributed by atoms with E-state index < -0.39 is 0 Å². The lowest BCUT2D eigenvalue weighted by Crippen LogP contribution is -2.26. The Bertz CT molecular complexity index is 191. The van der Waals surface area contributed by atoms with Crippen LogP contribution in [0.1, 0.15) is 32.1 Å². The van der Waals surface area contributed by atoms with E-state index in [1.165, 1.54) is 19.3 Å². The van der Waals surface area contributed by atoms with Crippen molar-refractivity contribution in [1.82, 2.24) is 5.32 Å². The number of carbonyl (C=O) groups excluding carboxylic acids is 1. The summed E-state index contributed by atoms with van der Waals surface area (Å²) in [4.78, 5) is 11.2. The second-order valence-electron chi connectivity index (χ2n) is 4.29. The zero-order valence-electron chi connectivity index (χ0n) is 10.2. The summed E-state index contributed by atoms with van der Waals surface area (Å²) in [5.41, 5.74) is 0. The molecule has 1 aliphatic heterocycles. The molecule has 0 aromatic heterocycles. The Labute approximate surface area is 97.7 Å². The zero-order chi connectivity index (χ0) is 11.6. The summed E-state index contributed by atoms with van der Waals surface area (Å²) in [5, 5.41) is 2.91. The minimum Gasteiger partial charge on any atom is -0.384 e. The van der Waals surface area contributed by atoms with Crippen molar-refractivity contribution in [3.8, 4) is 0 Å². The topological polar surface area (TPSA) is 47.6 Å². The molecule has 1 saturated heterocycles. The lowest BCUT2D eigenvalue weighted by Gasteiger charge is -2.21. The number of carbonyl (C=O) groups is 1. The molecule has 1 aliphatic rings. The standard InChI is InChI=1S/C12H23NO3/c1-15-8-6-12(14)13-7-2-3-11-4-9-16-10-5-11/h11H,2-10H2,1H3,(H,13,14). The molecular weight excluding hydrogens is 206 g/mol. The minimum atomic E-state index is 0.0915. The lowest BCUT2D eigenvalue weighted by molar-refractivity contribution is -0.121. The van der Waals surface area contributed by atoms with Crippen LogP contribution in [0.4, 0.5) is 0 Å². The molecule has 4 heteroatoms. The molecule has 0 aliphatic carbocycles. The summed E-state index contributed by atoms with van der Waals surface area (Å²) in [6.45, 7) is 3.11. The Morgan fingerprint density at radius 3 is 2.88 bits per heavy atom. The van der Waals surface area contributed by atoms with Crippen LogP contribution in [0.5, 0.6) is 0 Å². The fourth-order valence-corrected chi connectivity index (χ4v) is 1.94. The van der Waals surface area contributed by atoms with Crippen LogP contribution < -0.4 is 5.32 Å². The first kappa shape index (κ1) is 13.5. The summed E-state index contributed by atoms with van der Waals surface area (Å²) in [7, 11) is 1.61. The van der Waals surface area contributed by atoms with E-state index >= 15 is 0 Å². The highest BCUT2D eigenvalue weighted by atomic mass is 16.5. The molecule has 4 nitrogen and oxygen atoms in total. The molecule has 1 fully saturated rings. The van der Waals surface area contributed by atoms with E-state index in [2.05, 4.69) is 5.32 Å². The van der Waals surface area contributed by atoms with E-state index in [1.54, 1.807) is 7.11 Å². The molecule has 0 aromatic carbocycles. The first-order chi connectivity index (χ1) is 7.83. The Kier molecular flexibility index (Phi) is 7.17. The Morgan fingerprint density at radius 2 is 2.19 bits per heavy atom. The molecule has 0 radical (unpaired) electrons. The molecule has 16 heavy (non-hydrogen) atoms. The van der Waals surface area contributed by atoms with E-state index in [0.717, 1.165) is 32.1 Å². The normalized spacial score (nSPS) is 17.3. The van der Waals surface area contributed by atoms with Gasteiger partial charge in [-0.15, -0.1) is 0 Å². The Morgan fingerprint density at radius 1 is 1.44 bits per heavy atom. The largest absolute Gasteiger partial charge is 0.384 e.